The van der Waals surface area contributed by atoms with Crippen molar-refractivity contribution < 1.29 is 24.2 Å². The molecule has 6 rings (SSSR count). The molecule has 0 saturated carbocycles. The molecule has 1 spiro atoms. The van der Waals surface area contributed by atoms with Gasteiger partial charge >= 0.3 is 0 Å². The van der Waals surface area contributed by atoms with Crippen LogP contribution in [0.4, 0.5) is 5.69 Å². The molecule has 3 fully saturated rings. The minimum absolute atomic E-state index is 0.0722. The summed E-state index contributed by atoms with van der Waals surface area (Å²) < 4.78 is 8.07. The molecule has 5 atom stereocenters. The van der Waals surface area contributed by atoms with Crippen LogP contribution >= 0.6 is 0 Å². The second kappa shape index (κ2) is 10.4. The average Bonchev–Trinajstić information content (AvgIpc) is 3.70. The highest BCUT2D eigenvalue weighted by molar-refractivity contribution is 6.02. The molecule has 11 heteroatoms. The monoisotopic (exact) mass is 532 g/mol. The average molecular weight is 533 g/mol. The van der Waals surface area contributed by atoms with Gasteiger partial charge in [0, 0.05) is 18.8 Å². The van der Waals surface area contributed by atoms with Gasteiger partial charge in [0.2, 0.25) is 17.7 Å². The first-order chi connectivity index (χ1) is 19.0. The molecule has 39 heavy (non-hydrogen) atoms. The molecule has 2 bridgehead atoms. The quantitative estimate of drug-likeness (QED) is 0.338. The van der Waals surface area contributed by atoms with Crippen molar-refractivity contribution in [3.8, 4) is 0 Å². The van der Waals surface area contributed by atoms with Gasteiger partial charge in [0.05, 0.1) is 23.5 Å². The van der Waals surface area contributed by atoms with E-state index >= 15 is 0 Å². The van der Waals surface area contributed by atoms with Crippen molar-refractivity contribution in [1.82, 2.24) is 25.2 Å². The molecular weight excluding hydrogens is 500 g/mol. The zero-order valence-electron chi connectivity index (χ0n) is 21.5. The summed E-state index contributed by atoms with van der Waals surface area (Å²) in [5.41, 5.74) is 1.09. The maximum Gasteiger partial charge on any atom is 0.247 e. The van der Waals surface area contributed by atoms with Gasteiger partial charge in [-0.25, -0.2) is 4.68 Å². The second-order valence-corrected chi connectivity index (χ2v) is 10.5. The third-order valence-electron chi connectivity index (χ3n) is 8.27. The Labute approximate surface area is 225 Å². The van der Waals surface area contributed by atoms with Crippen molar-refractivity contribution in [2.45, 2.75) is 56.5 Å². The topological polar surface area (TPSA) is 139 Å². The molecule has 2 aromatic carbocycles. The number of carbonyl (C=O) groups excluding carboxylic acids is 3. The van der Waals surface area contributed by atoms with Gasteiger partial charge in [-0.05, 0) is 56.4 Å². The van der Waals surface area contributed by atoms with Gasteiger partial charge < -0.3 is 25.4 Å². The molecule has 3 aromatic rings. The van der Waals surface area contributed by atoms with Crippen LogP contribution in [0.25, 0.3) is 11.0 Å². The molecule has 3 aliphatic heterocycles. The Hall–Kier alpha value is -3.83. The number of ether oxygens (including phenoxy) is 1. The van der Waals surface area contributed by atoms with Crippen LogP contribution < -0.4 is 10.6 Å². The maximum absolute atomic E-state index is 13.9. The Kier molecular flexibility index (Phi) is 6.78. The Morgan fingerprint density at radius 1 is 1.05 bits per heavy atom. The molecule has 3 amide bonds. The number of aliphatic hydroxyl groups excluding tert-OH is 1. The van der Waals surface area contributed by atoms with Crippen LogP contribution in [0.2, 0.25) is 0 Å². The maximum atomic E-state index is 13.9. The number of rotatable bonds is 10. The lowest BCUT2D eigenvalue weighted by molar-refractivity contribution is -0.141. The number of aliphatic hydroxyl groups is 1. The molecular formula is C28H32N6O5. The highest BCUT2D eigenvalue weighted by atomic mass is 16.5. The van der Waals surface area contributed by atoms with Gasteiger partial charge in [0.15, 0.2) is 0 Å². The fraction of sp³-hybridized carbons (Fsp3) is 0.464. The summed E-state index contributed by atoms with van der Waals surface area (Å²) in [6.45, 7) is 0.510. The Bertz CT molecular complexity index is 1380. The minimum Gasteiger partial charge on any atom is -0.396 e. The number of carbonyl (C=O) groups is 3. The number of nitrogens with zero attached hydrogens (tertiary/aromatic N) is 4. The first kappa shape index (κ1) is 25.4. The number of nitrogens with one attached hydrogen (secondary N) is 2. The summed E-state index contributed by atoms with van der Waals surface area (Å²) in [6.07, 6.45) is 2.68. The van der Waals surface area contributed by atoms with E-state index in [0.29, 0.717) is 37.9 Å². The third kappa shape index (κ3) is 4.35. The molecule has 4 heterocycles. The van der Waals surface area contributed by atoms with Crippen molar-refractivity contribution in [2.24, 2.45) is 11.8 Å². The molecule has 204 valence electrons. The molecule has 1 aromatic heterocycles. The molecule has 0 aliphatic carbocycles. The van der Waals surface area contributed by atoms with E-state index in [2.05, 4.69) is 20.9 Å². The van der Waals surface area contributed by atoms with Crippen molar-refractivity contribution >= 4 is 34.4 Å². The zero-order chi connectivity index (χ0) is 27.0. The van der Waals surface area contributed by atoms with Crippen molar-refractivity contribution in [2.75, 3.05) is 18.5 Å². The van der Waals surface area contributed by atoms with Gasteiger partial charge in [-0.15, -0.1) is 5.10 Å². The van der Waals surface area contributed by atoms with E-state index in [1.165, 1.54) is 0 Å². The first-order valence-electron chi connectivity index (χ1n) is 13.5. The van der Waals surface area contributed by atoms with Crippen LogP contribution in [-0.2, 0) is 25.8 Å². The van der Waals surface area contributed by atoms with Crippen LogP contribution in [0.15, 0.2) is 54.6 Å². The van der Waals surface area contributed by atoms with Gasteiger partial charge in [0.25, 0.3) is 0 Å². The predicted octanol–water partition coefficient (Wildman–Crippen LogP) is 1.68. The number of hydrogen-bond donors (Lipinski definition) is 3. The molecule has 3 saturated heterocycles. The zero-order valence-corrected chi connectivity index (χ0v) is 21.5. The van der Waals surface area contributed by atoms with E-state index in [1.54, 1.807) is 21.7 Å². The lowest BCUT2D eigenvalue weighted by Crippen LogP contribution is -2.55. The summed E-state index contributed by atoms with van der Waals surface area (Å²) in [6, 6.07) is 15.7. The summed E-state index contributed by atoms with van der Waals surface area (Å²) >= 11 is 0. The van der Waals surface area contributed by atoms with Crippen LogP contribution in [0, 0.1) is 11.8 Å². The number of benzene rings is 2. The number of para-hydroxylation sites is 2. The summed E-state index contributed by atoms with van der Waals surface area (Å²) in [5.74, 6) is -2.23. The van der Waals surface area contributed by atoms with E-state index in [9.17, 15) is 19.5 Å². The molecule has 3 N–H and O–H groups in total. The largest absolute Gasteiger partial charge is 0.396 e. The van der Waals surface area contributed by atoms with Crippen LogP contribution in [0.3, 0.4) is 0 Å². The Balaban J connectivity index is 1.26. The number of likely N-dealkylation sites (tertiary alicyclic amines) is 1. The number of aromatic nitrogens is 3. The smallest absolute Gasteiger partial charge is 0.247 e. The van der Waals surface area contributed by atoms with E-state index < -0.39 is 29.6 Å². The first-order valence-corrected chi connectivity index (χ1v) is 13.5. The van der Waals surface area contributed by atoms with Crippen LogP contribution in [0.1, 0.15) is 32.1 Å². The van der Waals surface area contributed by atoms with E-state index in [4.69, 9.17) is 4.74 Å². The highest BCUT2D eigenvalue weighted by Gasteiger charge is 2.74. The fourth-order valence-corrected chi connectivity index (χ4v) is 6.60. The van der Waals surface area contributed by atoms with Crippen LogP contribution in [-0.4, -0.2) is 73.6 Å². The number of amides is 3. The number of fused-ring (bicyclic) bond motifs is 2. The standard InChI is InChI=1S/C28H32N6O5/c35-16-8-2-7-15-33-24(26(37)29-17-34-20-12-6-5-11-19(20)31-32-34)28-14-13-21(39-28)22(23(28)27(33)38)25(36)30-18-9-3-1-4-10-18/h1,3-6,9-12,21-24,35H,2,7-8,13-17H2,(H,29,37)(H,30,36)/t21-,22+,23+,24?,28?/m1/s1. The van der Waals surface area contributed by atoms with Gasteiger partial charge in [-0.1, -0.05) is 35.5 Å². The third-order valence-corrected chi connectivity index (χ3v) is 8.27. The van der Waals surface area contributed by atoms with E-state index in [-0.39, 0.29) is 31.0 Å². The Morgan fingerprint density at radius 2 is 1.85 bits per heavy atom. The lowest BCUT2D eigenvalue weighted by Gasteiger charge is -2.33. The van der Waals surface area contributed by atoms with Gasteiger partial charge in [-0.2, -0.15) is 0 Å². The fourth-order valence-electron chi connectivity index (χ4n) is 6.60. The molecule has 3 aliphatic rings. The number of hydrogen-bond acceptors (Lipinski definition) is 7. The second-order valence-electron chi connectivity index (χ2n) is 10.5. The lowest BCUT2D eigenvalue weighted by atomic mass is 9.70. The van der Waals surface area contributed by atoms with Crippen molar-refractivity contribution in [3.05, 3.63) is 54.6 Å². The summed E-state index contributed by atoms with van der Waals surface area (Å²) in [5, 5.41) is 23.4. The summed E-state index contributed by atoms with van der Waals surface area (Å²) in [7, 11) is 0. The van der Waals surface area contributed by atoms with Gasteiger partial charge in [0.1, 0.15) is 23.8 Å². The van der Waals surface area contributed by atoms with Crippen molar-refractivity contribution in [3.63, 3.8) is 0 Å². The van der Waals surface area contributed by atoms with Gasteiger partial charge in [-0.3, -0.25) is 14.4 Å². The predicted molar refractivity (Wildman–Crippen MR) is 141 cm³/mol. The number of unbranched alkanes of at least 4 members (excludes halogenated alkanes) is 2. The summed E-state index contributed by atoms with van der Waals surface area (Å²) in [4.78, 5) is 42.8. The van der Waals surface area contributed by atoms with E-state index in [1.807, 2.05) is 42.5 Å². The Morgan fingerprint density at radius 3 is 2.67 bits per heavy atom. The van der Waals surface area contributed by atoms with E-state index in [0.717, 1.165) is 17.5 Å². The molecule has 0 radical (unpaired) electrons. The SMILES string of the molecule is O=C(NCn1nnc2ccccc21)C1N(CCCCCO)C(=O)[C@@H]2[C@@H](C(=O)Nc3ccccc3)[C@H]3CCC12O3. The number of anilines is 1. The normalized spacial score (nSPS) is 27.2. The highest BCUT2D eigenvalue weighted by Crippen LogP contribution is 2.58. The molecule has 2 unspecified atom stereocenters. The molecule has 11 nitrogen and oxygen atoms in total. The minimum atomic E-state index is -1.06. The van der Waals surface area contributed by atoms with Crippen molar-refractivity contribution in [1.29, 1.82) is 0 Å². The van der Waals surface area contributed by atoms with Crippen LogP contribution in [0.5, 0.6) is 0 Å².